The Morgan fingerprint density at radius 3 is 2.70 bits per heavy atom. The average molecular weight is 145 g/mol. The Morgan fingerprint density at radius 2 is 2.20 bits per heavy atom. The lowest BCUT2D eigenvalue weighted by atomic mass is 10.4. The van der Waals surface area contributed by atoms with Crippen molar-refractivity contribution in [3.8, 4) is 0 Å². The number of nitrogens with two attached hydrogens (primary N) is 1. The summed E-state index contributed by atoms with van der Waals surface area (Å²) < 4.78 is 10.2. The van der Waals surface area contributed by atoms with E-state index in [2.05, 4.69) is 0 Å². The van der Waals surface area contributed by atoms with Gasteiger partial charge in [-0.05, 0) is 12.8 Å². The zero-order valence-corrected chi connectivity index (χ0v) is 6.38. The van der Waals surface area contributed by atoms with Crippen LogP contribution in [-0.2, 0) is 9.47 Å². The standard InChI is InChI=1S/C7H15NO2/c1-9-4-6(8)5-10-7-2-3-7/h6-7H,2-5,8H2,1H3. The van der Waals surface area contributed by atoms with Crippen LogP contribution in [-0.4, -0.2) is 32.5 Å². The fraction of sp³-hybridized carbons (Fsp3) is 1.00. The molecule has 3 nitrogen and oxygen atoms in total. The van der Waals surface area contributed by atoms with E-state index in [1.165, 1.54) is 12.8 Å². The molecule has 0 aromatic heterocycles. The maximum absolute atomic E-state index is 5.61. The summed E-state index contributed by atoms with van der Waals surface area (Å²) in [5.41, 5.74) is 5.61. The largest absolute Gasteiger partial charge is 0.383 e. The number of hydrogen-bond acceptors (Lipinski definition) is 3. The first-order valence-electron chi connectivity index (χ1n) is 3.69. The minimum Gasteiger partial charge on any atom is -0.383 e. The molecule has 0 spiro atoms. The van der Waals surface area contributed by atoms with Gasteiger partial charge in [0.15, 0.2) is 0 Å². The quantitative estimate of drug-likeness (QED) is 0.598. The van der Waals surface area contributed by atoms with E-state index in [0.717, 1.165) is 0 Å². The summed E-state index contributed by atoms with van der Waals surface area (Å²) in [4.78, 5) is 0. The van der Waals surface area contributed by atoms with E-state index in [9.17, 15) is 0 Å². The fourth-order valence-corrected chi connectivity index (χ4v) is 0.757. The Kier molecular flexibility index (Phi) is 3.12. The van der Waals surface area contributed by atoms with Crippen LogP contribution < -0.4 is 5.73 Å². The summed E-state index contributed by atoms with van der Waals surface area (Å²) in [6.45, 7) is 1.23. The third-order valence-electron chi connectivity index (χ3n) is 1.45. The molecule has 1 unspecified atom stereocenters. The van der Waals surface area contributed by atoms with Gasteiger partial charge < -0.3 is 15.2 Å². The molecule has 60 valence electrons. The van der Waals surface area contributed by atoms with Gasteiger partial charge >= 0.3 is 0 Å². The molecule has 0 aromatic carbocycles. The molecule has 1 saturated carbocycles. The van der Waals surface area contributed by atoms with Crippen LogP contribution in [0.3, 0.4) is 0 Å². The summed E-state index contributed by atoms with van der Waals surface area (Å²) in [7, 11) is 1.65. The second-order valence-electron chi connectivity index (χ2n) is 2.75. The van der Waals surface area contributed by atoms with E-state index in [1.54, 1.807) is 7.11 Å². The normalized spacial score (nSPS) is 21.0. The molecule has 10 heavy (non-hydrogen) atoms. The average Bonchev–Trinajstić information content (AvgIpc) is 2.67. The van der Waals surface area contributed by atoms with Gasteiger partial charge in [0.1, 0.15) is 0 Å². The Bertz CT molecular complexity index is 93.6. The van der Waals surface area contributed by atoms with Crippen molar-refractivity contribution < 1.29 is 9.47 Å². The van der Waals surface area contributed by atoms with Crippen LogP contribution in [0.5, 0.6) is 0 Å². The topological polar surface area (TPSA) is 44.5 Å². The summed E-state index contributed by atoms with van der Waals surface area (Å²) in [5.74, 6) is 0. The van der Waals surface area contributed by atoms with Crippen molar-refractivity contribution in [2.75, 3.05) is 20.3 Å². The minimum atomic E-state index is 0.0469. The Morgan fingerprint density at radius 1 is 1.50 bits per heavy atom. The molecule has 1 atom stereocenters. The van der Waals surface area contributed by atoms with Crippen molar-refractivity contribution in [2.24, 2.45) is 5.73 Å². The van der Waals surface area contributed by atoms with Gasteiger partial charge in [-0.1, -0.05) is 0 Å². The third-order valence-corrected chi connectivity index (χ3v) is 1.45. The van der Waals surface area contributed by atoms with Crippen LogP contribution in [0.2, 0.25) is 0 Å². The second-order valence-corrected chi connectivity index (χ2v) is 2.75. The first kappa shape index (κ1) is 7.98. The highest BCUT2D eigenvalue weighted by molar-refractivity contribution is 4.74. The van der Waals surface area contributed by atoms with Crippen LogP contribution in [0, 0.1) is 0 Å². The van der Waals surface area contributed by atoms with Crippen molar-refractivity contribution in [1.29, 1.82) is 0 Å². The molecule has 1 fully saturated rings. The van der Waals surface area contributed by atoms with Crippen molar-refractivity contribution in [3.05, 3.63) is 0 Å². The molecule has 0 amide bonds. The molecular formula is C7H15NO2. The third kappa shape index (κ3) is 3.15. The zero-order chi connectivity index (χ0) is 7.40. The van der Waals surface area contributed by atoms with Crippen LogP contribution in [0.25, 0.3) is 0 Å². The molecule has 2 N–H and O–H groups in total. The molecule has 1 rings (SSSR count). The van der Waals surface area contributed by atoms with Crippen molar-refractivity contribution in [2.45, 2.75) is 25.0 Å². The second kappa shape index (κ2) is 3.91. The van der Waals surface area contributed by atoms with E-state index < -0.39 is 0 Å². The van der Waals surface area contributed by atoms with Crippen molar-refractivity contribution >= 4 is 0 Å². The number of rotatable bonds is 5. The lowest BCUT2D eigenvalue weighted by molar-refractivity contribution is 0.0771. The van der Waals surface area contributed by atoms with E-state index in [0.29, 0.717) is 19.3 Å². The molecule has 0 heterocycles. The van der Waals surface area contributed by atoms with Gasteiger partial charge in [-0.25, -0.2) is 0 Å². The minimum absolute atomic E-state index is 0.0469. The smallest absolute Gasteiger partial charge is 0.0643 e. The Balaban J connectivity index is 1.89. The molecule has 1 aliphatic rings. The van der Waals surface area contributed by atoms with E-state index in [1.807, 2.05) is 0 Å². The lowest BCUT2D eigenvalue weighted by Gasteiger charge is -2.09. The van der Waals surface area contributed by atoms with Crippen molar-refractivity contribution in [1.82, 2.24) is 0 Å². The van der Waals surface area contributed by atoms with Gasteiger partial charge in [-0.2, -0.15) is 0 Å². The van der Waals surface area contributed by atoms with Crippen LogP contribution in [0.4, 0.5) is 0 Å². The van der Waals surface area contributed by atoms with Gasteiger partial charge in [-0.3, -0.25) is 0 Å². The predicted molar refractivity (Wildman–Crippen MR) is 38.8 cm³/mol. The Labute approximate surface area is 61.5 Å². The SMILES string of the molecule is COCC(N)COC1CC1. The summed E-state index contributed by atoms with van der Waals surface area (Å²) in [6, 6.07) is 0.0469. The summed E-state index contributed by atoms with van der Waals surface area (Å²) >= 11 is 0. The molecule has 0 aliphatic heterocycles. The maximum atomic E-state index is 5.61. The van der Waals surface area contributed by atoms with E-state index in [4.69, 9.17) is 15.2 Å². The highest BCUT2D eigenvalue weighted by atomic mass is 16.5. The fourth-order valence-electron chi connectivity index (χ4n) is 0.757. The highest BCUT2D eigenvalue weighted by Gasteiger charge is 2.22. The molecule has 0 saturated heterocycles. The van der Waals surface area contributed by atoms with Crippen LogP contribution in [0.15, 0.2) is 0 Å². The maximum Gasteiger partial charge on any atom is 0.0643 e. The predicted octanol–water partition coefficient (Wildman–Crippen LogP) is 0.139. The van der Waals surface area contributed by atoms with Gasteiger partial charge in [0.05, 0.1) is 25.4 Å². The number of ether oxygens (including phenoxy) is 2. The zero-order valence-electron chi connectivity index (χ0n) is 6.38. The van der Waals surface area contributed by atoms with Gasteiger partial charge in [-0.15, -0.1) is 0 Å². The molecular weight excluding hydrogens is 130 g/mol. The molecule has 0 bridgehead atoms. The number of methoxy groups -OCH3 is 1. The summed E-state index contributed by atoms with van der Waals surface area (Å²) in [5, 5.41) is 0. The van der Waals surface area contributed by atoms with Gasteiger partial charge in [0.2, 0.25) is 0 Å². The van der Waals surface area contributed by atoms with Gasteiger partial charge in [0.25, 0.3) is 0 Å². The van der Waals surface area contributed by atoms with Crippen LogP contribution >= 0.6 is 0 Å². The molecule has 0 aromatic rings. The lowest BCUT2D eigenvalue weighted by Crippen LogP contribution is -2.31. The first-order chi connectivity index (χ1) is 4.83. The van der Waals surface area contributed by atoms with Gasteiger partial charge in [0, 0.05) is 7.11 Å². The van der Waals surface area contributed by atoms with Crippen LogP contribution in [0.1, 0.15) is 12.8 Å². The monoisotopic (exact) mass is 145 g/mol. The number of hydrogen-bond donors (Lipinski definition) is 1. The molecule has 3 heteroatoms. The summed E-state index contributed by atoms with van der Waals surface area (Å²) in [6.07, 6.45) is 2.92. The highest BCUT2D eigenvalue weighted by Crippen LogP contribution is 2.23. The Hall–Kier alpha value is -0.120. The van der Waals surface area contributed by atoms with Crippen molar-refractivity contribution in [3.63, 3.8) is 0 Å². The van der Waals surface area contributed by atoms with E-state index >= 15 is 0 Å². The molecule has 0 radical (unpaired) electrons. The first-order valence-corrected chi connectivity index (χ1v) is 3.69. The molecule has 1 aliphatic carbocycles. The van der Waals surface area contributed by atoms with E-state index in [-0.39, 0.29) is 6.04 Å².